The van der Waals surface area contributed by atoms with Gasteiger partial charge in [-0.1, -0.05) is 42.1 Å². The summed E-state index contributed by atoms with van der Waals surface area (Å²) in [5, 5.41) is 21.9. The van der Waals surface area contributed by atoms with Crippen molar-refractivity contribution < 1.29 is 9.84 Å². The van der Waals surface area contributed by atoms with Crippen molar-refractivity contribution in [3.05, 3.63) is 35.9 Å². The van der Waals surface area contributed by atoms with Crippen molar-refractivity contribution >= 4 is 11.8 Å². The van der Waals surface area contributed by atoms with E-state index in [0.29, 0.717) is 30.6 Å². The molecule has 0 saturated heterocycles. The summed E-state index contributed by atoms with van der Waals surface area (Å²) in [7, 11) is 0. The van der Waals surface area contributed by atoms with Gasteiger partial charge in [0.15, 0.2) is 0 Å². The van der Waals surface area contributed by atoms with Gasteiger partial charge >= 0.3 is 0 Å². The summed E-state index contributed by atoms with van der Waals surface area (Å²) in [5.41, 5.74) is 6.56. The Kier molecular flexibility index (Phi) is 6.61. The van der Waals surface area contributed by atoms with Gasteiger partial charge in [-0.25, -0.2) is 4.68 Å². The minimum atomic E-state index is -0.568. The first-order valence-corrected chi connectivity index (χ1v) is 7.67. The maximum absolute atomic E-state index is 9.90. The Balaban J connectivity index is 1.67. The molecule has 0 aliphatic carbocycles. The van der Waals surface area contributed by atoms with E-state index >= 15 is 0 Å². The quantitative estimate of drug-likeness (QED) is 0.643. The highest BCUT2D eigenvalue weighted by Crippen LogP contribution is 2.14. The van der Waals surface area contributed by atoms with Crippen LogP contribution in [0.1, 0.15) is 5.56 Å². The highest BCUT2D eigenvalue weighted by Gasteiger charge is 2.10. The van der Waals surface area contributed by atoms with Gasteiger partial charge in [0.2, 0.25) is 5.16 Å². The van der Waals surface area contributed by atoms with Crippen LogP contribution in [0.3, 0.4) is 0 Å². The smallest absolute Gasteiger partial charge is 0.209 e. The zero-order valence-corrected chi connectivity index (χ0v) is 12.4. The number of aliphatic hydroxyl groups excluding tert-OH is 1. The first-order chi connectivity index (χ1) is 10.3. The molecule has 1 heterocycles. The van der Waals surface area contributed by atoms with Crippen molar-refractivity contribution in [2.24, 2.45) is 5.73 Å². The first-order valence-electron chi connectivity index (χ1n) is 6.68. The number of aromatic nitrogens is 4. The van der Waals surface area contributed by atoms with E-state index in [9.17, 15) is 5.11 Å². The summed E-state index contributed by atoms with van der Waals surface area (Å²) in [6.45, 7) is 1.81. The fourth-order valence-corrected chi connectivity index (χ4v) is 2.48. The average Bonchev–Trinajstić information content (AvgIpc) is 2.94. The Morgan fingerprint density at radius 3 is 2.90 bits per heavy atom. The highest BCUT2D eigenvalue weighted by molar-refractivity contribution is 7.99. The molecule has 0 aliphatic rings. The fraction of sp³-hybridized carbons (Fsp3) is 0.462. The molecule has 1 unspecified atom stereocenters. The van der Waals surface area contributed by atoms with Crippen molar-refractivity contribution in [3.63, 3.8) is 0 Å². The minimum absolute atomic E-state index is 0.278. The normalized spacial score (nSPS) is 12.5. The van der Waals surface area contributed by atoms with E-state index in [4.69, 9.17) is 10.5 Å². The van der Waals surface area contributed by atoms with E-state index in [2.05, 4.69) is 15.5 Å². The molecule has 21 heavy (non-hydrogen) atoms. The summed E-state index contributed by atoms with van der Waals surface area (Å²) in [5.74, 6) is 0.472. The van der Waals surface area contributed by atoms with Gasteiger partial charge in [-0.3, -0.25) is 0 Å². The Hall–Kier alpha value is -1.48. The van der Waals surface area contributed by atoms with Gasteiger partial charge in [-0.05, 0) is 16.0 Å². The van der Waals surface area contributed by atoms with Crippen molar-refractivity contribution in [1.82, 2.24) is 20.2 Å². The monoisotopic (exact) mass is 309 g/mol. The number of benzene rings is 1. The van der Waals surface area contributed by atoms with Crippen LogP contribution in [0.5, 0.6) is 0 Å². The molecule has 1 aromatic heterocycles. The molecule has 114 valence electrons. The van der Waals surface area contributed by atoms with Crippen molar-refractivity contribution in [2.45, 2.75) is 24.4 Å². The number of tetrazole rings is 1. The SMILES string of the molecule is NCCn1nnnc1SCC(O)COCc1ccccc1. The van der Waals surface area contributed by atoms with Crippen LogP contribution in [-0.4, -0.2) is 50.3 Å². The maximum Gasteiger partial charge on any atom is 0.209 e. The number of thioether (sulfide) groups is 1. The van der Waals surface area contributed by atoms with Crippen LogP contribution in [0.25, 0.3) is 0 Å². The molecular weight excluding hydrogens is 290 g/mol. The fourth-order valence-electron chi connectivity index (χ4n) is 1.67. The second kappa shape index (κ2) is 8.73. The van der Waals surface area contributed by atoms with Crippen molar-refractivity contribution in [3.8, 4) is 0 Å². The lowest BCUT2D eigenvalue weighted by atomic mass is 10.2. The third-order valence-electron chi connectivity index (χ3n) is 2.67. The van der Waals surface area contributed by atoms with Crippen molar-refractivity contribution in [1.29, 1.82) is 0 Å². The molecule has 2 aromatic rings. The van der Waals surface area contributed by atoms with Crippen LogP contribution < -0.4 is 5.73 Å². The van der Waals surface area contributed by atoms with Gasteiger partial charge in [0.25, 0.3) is 0 Å². The van der Waals surface area contributed by atoms with E-state index in [1.807, 2.05) is 30.3 Å². The van der Waals surface area contributed by atoms with Crippen LogP contribution in [0.15, 0.2) is 35.5 Å². The van der Waals surface area contributed by atoms with Crippen LogP contribution in [0, 0.1) is 0 Å². The topological polar surface area (TPSA) is 99.1 Å². The molecule has 7 nitrogen and oxygen atoms in total. The molecule has 0 aliphatic heterocycles. The second-order valence-electron chi connectivity index (χ2n) is 4.44. The largest absolute Gasteiger partial charge is 0.390 e. The number of nitrogens with two attached hydrogens (primary N) is 1. The number of hydrogen-bond acceptors (Lipinski definition) is 7. The van der Waals surface area contributed by atoms with E-state index in [1.165, 1.54) is 11.8 Å². The third-order valence-corrected chi connectivity index (χ3v) is 3.77. The molecule has 8 heteroatoms. The van der Waals surface area contributed by atoms with Crippen LogP contribution in [0.4, 0.5) is 0 Å². The van der Waals surface area contributed by atoms with Gasteiger partial charge < -0.3 is 15.6 Å². The van der Waals surface area contributed by atoms with E-state index in [-0.39, 0.29) is 6.61 Å². The standard InChI is InChI=1S/C13H19N5O2S/c14-6-7-18-13(15-16-17-18)21-10-12(19)9-20-8-11-4-2-1-3-5-11/h1-5,12,19H,6-10,14H2. The molecule has 0 spiro atoms. The second-order valence-corrected chi connectivity index (χ2v) is 5.43. The van der Waals surface area contributed by atoms with Gasteiger partial charge in [0.1, 0.15) is 0 Å². The van der Waals surface area contributed by atoms with Gasteiger partial charge in [-0.2, -0.15) is 0 Å². The van der Waals surface area contributed by atoms with Crippen LogP contribution in [0.2, 0.25) is 0 Å². The lowest BCUT2D eigenvalue weighted by molar-refractivity contribution is 0.0397. The van der Waals surface area contributed by atoms with E-state index in [0.717, 1.165) is 5.56 Å². The Labute approximate surface area is 127 Å². The van der Waals surface area contributed by atoms with Gasteiger partial charge in [0, 0.05) is 12.3 Å². The molecule has 0 saturated carbocycles. The lowest BCUT2D eigenvalue weighted by Gasteiger charge is -2.10. The number of ether oxygens (including phenoxy) is 1. The molecule has 0 fully saturated rings. The maximum atomic E-state index is 9.90. The van der Waals surface area contributed by atoms with E-state index in [1.54, 1.807) is 4.68 Å². The Bertz CT molecular complexity index is 522. The van der Waals surface area contributed by atoms with Crippen LogP contribution in [-0.2, 0) is 17.9 Å². The predicted octanol–water partition coefficient (Wildman–Crippen LogP) is 0.302. The molecule has 0 bridgehead atoms. The predicted molar refractivity (Wildman–Crippen MR) is 79.7 cm³/mol. The molecule has 2 rings (SSSR count). The molecule has 1 aromatic carbocycles. The molecule has 1 atom stereocenters. The van der Waals surface area contributed by atoms with Crippen molar-refractivity contribution in [2.75, 3.05) is 18.9 Å². The number of hydrogen-bond donors (Lipinski definition) is 2. The summed E-state index contributed by atoms with van der Waals surface area (Å²) in [6.07, 6.45) is -0.568. The minimum Gasteiger partial charge on any atom is -0.390 e. The number of nitrogens with zero attached hydrogens (tertiary/aromatic N) is 4. The Morgan fingerprint density at radius 2 is 2.14 bits per heavy atom. The number of aliphatic hydroxyl groups is 1. The molecule has 3 N–H and O–H groups in total. The number of rotatable bonds is 9. The average molecular weight is 309 g/mol. The van der Waals surface area contributed by atoms with Gasteiger partial charge in [-0.15, -0.1) is 5.10 Å². The highest BCUT2D eigenvalue weighted by atomic mass is 32.2. The zero-order chi connectivity index (χ0) is 14.9. The molecular formula is C13H19N5O2S. The van der Waals surface area contributed by atoms with Crippen LogP contribution >= 0.6 is 11.8 Å². The summed E-state index contributed by atoms with van der Waals surface area (Å²) in [6, 6.07) is 9.86. The first kappa shape index (κ1) is 15.9. The zero-order valence-electron chi connectivity index (χ0n) is 11.6. The summed E-state index contributed by atoms with van der Waals surface area (Å²) >= 11 is 1.39. The Morgan fingerprint density at radius 1 is 1.33 bits per heavy atom. The summed E-state index contributed by atoms with van der Waals surface area (Å²) in [4.78, 5) is 0. The van der Waals surface area contributed by atoms with E-state index < -0.39 is 6.10 Å². The molecule has 0 radical (unpaired) electrons. The lowest BCUT2D eigenvalue weighted by Crippen LogP contribution is -2.19. The third kappa shape index (κ3) is 5.43. The van der Waals surface area contributed by atoms with Gasteiger partial charge in [0.05, 0.1) is 25.9 Å². The summed E-state index contributed by atoms with van der Waals surface area (Å²) < 4.78 is 7.11. The molecule has 0 amide bonds.